The van der Waals surface area contributed by atoms with Crippen LogP contribution in [0.15, 0.2) is 28.8 Å². The van der Waals surface area contributed by atoms with Gasteiger partial charge in [0.25, 0.3) is 0 Å². The number of nitrogens with zero attached hydrogens (tertiary/aromatic N) is 2. The van der Waals surface area contributed by atoms with Crippen molar-refractivity contribution in [3.05, 3.63) is 41.5 Å². The van der Waals surface area contributed by atoms with E-state index in [2.05, 4.69) is 14.9 Å². The Labute approximate surface area is 115 Å². The van der Waals surface area contributed by atoms with E-state index in [4.69, 9.17) is 9.26 Å². The van der Waals surface area contributed by atoms with Crippen molar-refractivity contribution in [2.24, 2.45) is 0 Å². The van der Waals surface area contributed by atoms with Crippen molar-refractivity contribution in [2.75, 3.05) is 7.11 Å². The number of esters is 1. The number of carbonyl (C=O) groups is 1. The van der Waals surface area contributed by atoms with Crippen molar-refractivity contribution in [1.29, 1.82) is 0 Å². The topological polar surface area (TPSA) is 74.5 Å². The van der Waals surface area contributed by atoms with Gasteiger partial charge in [-0.1, -0.05) is 5.16 Å². The standard InChI is InChI=1S/C14H14N2O4/c1-18-14(17)10-4-6-11(7-5-10)19-8-12-15-13(20-16-12)9-2-3-9/h4-7,9H,2-3,8H2,1H3. The lowest BCUT2D eigenvalue weighted by molar-refractivity contribution is 0.0600. The number of aromatic nitrogens is 2. The molecule has 3 rings (SSSR count). The maximum atomic E-state index is 11.3. The highest BCUT2D eigenvalue weighted by molar-refractivity contribution is 5.89. The van der Waals surface area contributed by atoms with Gasteiger partial charge in [0.15, 0.2) is 6.61 Å². The quantitative estimate of drug-likeness (QED) is 0.779. The molecule has 0 spiro atoms. The number of hydrogen-bond donors (Lipinski definition) is 0. The highest BCUT2D eigenvalue weighted by Crippen LogP contribution is 2.38. The number of carbonyl (C=O) groups excluding carboxylic acids is 1. The lowest BCUT2D eigenvalue weighted by Crippen LogP contribution is -2.01. The molecule has 6 nitrogen and oxygen atoms in total. The van der Waals surface area contributed by atoms with Crippen LogP contribution in [0, 0.1) is 0 Å². The predicted molar refractivity (Wildman–Crippen MR) is 68.4 cm³/mol. The lowest BCUT2D eigenvalue weighted by Gasteiger charge is -2.04. The van der Waals surface area contributed by atoms with Gasteiger partial charge in [0.2, 0.25) is 11.7 Å². The summed E-state index contributed by atoms with van der Waals surface area (Å²) < 4.78 is 15.3. The minimum atomic E-state index is -0.371. The van der Waals surface area contributed by atoms with Crippen LogP contribution in [-0.2, 0) is 11.3 Å². The molecule has 0 amide bonds. The fourth-order valence-electron chi connectivity index (χ4n) is 1.78. The summed E-state index contributed by atoms with van der Waals surface area (Å²) in [6.45, 7) is 0.244. The second-order valence-corrected chi connectivity index (χ2v) is 4.63. The van der Waals surface area contributed by atoms with Crippen LogP contribution in [-0.4, -0.2) is 23.2 Å². The van der Waals surface area contributed by atoms with Crippen LogP contribution in [0.25, 0.3) is 0 Å². The number of rotatable bonds is 5. The summed E-state index contributed by atoms with van der Waals surface area (Å²) in [6.07, 6.45) is 2.25. The zero-order valence-corrected chi connectivity index (χ0v) is 11.0. The van der Waals surface area contributed by atoms with E-state index in [1.54, 1.807) is 24.3 Å². The van der Waals surface area contributed by atoms with E-state index < -0.39 is 0 Å². The summed E-state index contributed by atoms with van der Waals surface area (Å²) in [4.78, 5) is 15.6. The van der Waals surface area contributed by atoms with Gasteiger partial charge in [-0.25, -0.2) is 4.79 Å². The normalized spacial score (nSPS) is 14.1. The molecule has 1 fully saturated rings. The Morgan fingerprint density at radius 3 is 2.75 bits per heavy atom. The van der Waals surface area contributed by atoms with Crippen LogP contribution < -0.4 is 4.74 Å². The Bertz CT molecular complexity index is 602. The molecule has 2 aromatic rings. The average molecular weight is 274 g/mol. The third kappa shape index (κ3) is 2.79. The van der Waals surface area contributed by atoms with E-state index in [9.17, 15) is 4.79 Å². The molecular weight excluding hydrogens is 260 g/mol. The Hall–Kier alpha value is -2.37. The van der Waals surface area contributed by atoms with E-state index in [1.807, 2.05) is 0 Å². The maximum Gasteiger partial charge on any atom is 0.337 e. The van der Waals surface area contributed by atoms with Crippen LogP contribution in [0.4, 0.5) is 0 Å². The number of ether oxygens (including phenoxy) is 2. The maximum absolute atomic E-state index is 11.3. The third-order valence-electron chi connectivity index (χ3n) is 3.05. The first-order valence-corrected chi connectivity index (χ1v) is 6.40. The summed E-state index contributed by atoms with van der Waals surface area (Å²) in [7, 11) is 1.35. The van der Waals surface area contributed by atoms with Crippen LogP contribution in [0.3, 0.4) is 0 Å². The van der Waals surface area contributed by atoms with Gasteiger partial charge in [-0.15, -0.1) is 0 Å². The fourth-order valence-corrected chi connectivity index (χ4v) is 1.78. The number of hydrogen-bond acceptors (Lipinski definition) is 6. The minimum absolute atomic E-state index is 0.244. The van der Waals surface area contributed by atoms with Gasteiger partial charge in [0.05, 0.1) is 12.7 Å². The molecule has 0 atom stereocenters. The zero-order chi connectivity index (χ0) is 13.9. The van der Waals surface area contributed by atoms with Gasteiger partial charge in [-0.05, 0) is 37.1 Å². The smallest absolute Gasteiger partial charge is 0.337 e. The van der Waals surface area contributed by atoms with Gasteiger partial charge >= 0.3 is 5.97 Å². The van der Waals surface area contributed by atoms with Gasteiger partial charge in [-0.3, -0.25) is 0 Å². The third-order valence-corrected chi connectivity index (χ3v) is 3.05. The molecule has 1 aliphatic carbocycles. The minimum Gasteiger partial charge on any atom is -0.485 e. The lowest BCUT2D eigenvalue weighted by atomic mass is 10.2. The molecule has 1 heterocycles. The summed E-state index contributed by atoms with van der Waals surface area (Å²) in [5.74, 6) is 1.93. The summed E-state index contributed by atoms with van der Waals surface area (Å²) in [5, 5.41) is 3.87. The fraction of sp³-hybridized carbons (Fsp3) is 0.357. The molecule has 0 saturated heterocycles. The Kier molecular flexibility index (Phi) is 3.37. The van der Waals surface area contributed by atoms with Gasteiger partial charge in [0.1, 0.15) is 5.75 Å². The van der Waals surface area contributed by atoms with Crippen LogP contribution in [0.5, 0.6) is 5.75 Å². The molecule has 1 aromatic heterocycles. The second-order valence-electron chi connectivity index (χ2n) is 4.63. The first-order valence-electron chi connectivity index (χ1n) is 6.40. The largest absolute Gasteiger partial charge is 0.485 e. The van der Waals surface area contributed by atoms with Crippen molar-refractivity contribution in [3.63, 3.8) is 0 Å². The number of benzene rings is 1. The van der Waals surface area contributed by atoms with Crippen molar-refractivity contribution in [1.82, 2.24) is 10.1 Å². The van der Waals surface area contributed by atoms with Crippen molar-refractivity contribution in [3.8, 4) is 5.75 Å². The molecule has 0 N–H and O–H groups in total. The van der Waals surface area contributed by atoms with E-state index in [1.165, 1.54) is 7.11 Å². The second kappa shape index (κ2) is 5.32. The molecule has 0 radical (unpaired) electrons. The molecule has 20 heavy (non-hydrogen) atoms. The molecule has 0 bridgehead atoms. The highest BCUT2D eigenvalue weighted by Gasteiger charge is 2.29. The predicted octanol–water partition coefficient (Wildman–Crippen LogP) is 2.31. The van der Waals surface area contributed by atoms with Crippen LogP contribution in [0.1, 0.15) is 40.8 Å². The molecule has 1 aromatic carbocycles. The molecule has 104 valence electrons. The summed E-state index contributed by atoms with van der Waals surface area (Å²) in [6, 6.07) is 6.70. The molecule has 1 aliphatic rings. The molecule has 6 heteroatoms. The van der Waals surface area contributed by atoms with E-state index >= 15 is 0 Å². The Balaban J connectivity index is 1.58. The first kappa shape index (κ1) is 12.7. The van der Waals surface area contributed by atoms with E-state index in [-0.39, 0.29) is 12.6 Å². The van der Waals surface area contributed by atoms with Crippen molar-refractivity contribution >= 4 is 5.97 Å². The van der Waals surface area contributed by atoms with Crippen LogP contribution >= 0.6 is 0 Å². The van der Waals surface area contributed by atoms with Gasteiger partial charge < -0.3 is 14.0 Å². The molecule has 0 aliphatic heterocycles. The Morgan fingerprint density at radius 1 is 1.35 bits per heavy atom. The summed E-state index contributed by atoms with van der Waals surface area (Å²) >= 11 is 0. The Morgan fingerprint density at radius 2 is 2.10 bits per heavy atom. The average Bonchev–Trinajstić information content (AvgIpc) is 3.24. The van der Waals surface area contributed by atoms with Crippen LogP contribution in [0.2, 0.25) is 0 Å². The van der Waals surface area contributed by atoms with Crippen molar-refractivity contribution < 1.29 is 18.8 Å². The molecule has 1 saturated carbocycles. The first-order chi connectivity index (χ1) is 9.76. The number of methoxy groups -OCH3 is 1. The molecule has 0 unspecified atom stereocenters. The summed E-state index contributed by atoms with van der Waals surface area (Å²) in [5.41, 5.74) is 0.482. The van der Waals surface area contributed by atoms with E-state index in [0.29, 0.717) is 28.9 Å². The molecular formula is C14H14N2O4. The highest BCUT2D eigenvalue weighted by atomic mass is 16.5. The van der Waals surface area contributed by atoms with Gasteiger partial charge in [-0.2, -0.15) is 4.98 Å². The monoisotopic (exact) mass is 274 g/mol. The zero-order valence-electron chi connectivity index (χ0n) is 11.0. The van der Waals surface area contributed by atoms with E-state index in [0.717, 1.165) is 12.8 Å². The van der Waals surface area contributed by atoms with Gasteiger partial charge in [0, 0.05) is 5.92 Å². The SMILES string of the molecule is COC(=O)c1ccc(OCc2noc(C3CC3)n2)cc1. The van der Waals surface area contributed by atoms with Crippen molar-refractivity contribution in [2.45, 2.75) is 25.4 Å².